The van der Waals surface area contributed by atoms with Crippen molar-refractivity contribution in [2.45, 2.75) is 44.8 Å². The van der Waals surface area contributed by atoms with Gasteiger partial charge in [0.2, 0.25) is 11.8 Å². The summed E-state index contributed by atoms with van der Waals surface area (Å²) in [6.07, 6.45) is 2.62. The van der Waals surface area contributed by atoms with Crippen LogP contribution in [-0.4, -0.2) is 48.1 Å². The van der Waals surface area contributed by atoms with E-state index in [-0.39, 0.29) is 30.0 Å². The van der Waals surface area contributed by atoms with E-state index in [1.807, 2.05) is 13.8 Å². The second-order valence-electron chi connectivity index (χ2n) is 5.12. The second-order valence-corrected chi connectivity index (χ2v) is 5.12. The zero-order valence-corrected chi connectivity index (χ0v) is 10.5. The summed E-state index contributed by atoms with van der Waals surface area (Å²) in [4.78, 5) is 25.2. The Hall–Kier alpha value is -1.10. The van der Waals surface area contributed by atoms with Gasteiger partial charge in [-0.2, -0.15) is 0 Å². The predicted octanol–water partition coefficient (Wildman–Crippen LogP) is 0.292. The van der Waals surface area contributed by atoms with Crippen LogP contribution in [-0.2, 0) is 14.3 Å². The van der Waals surface area contributed by atoms with Gasteiger partial charge in [-0.15, -0.1) is 0 Å². The third kappa shape index (κ3) is 2.60. The Balaban J connectivity index is 2.03. The molecule has 0 aromatic rings. The molecule has 2 rings (SSSR count). The van der Waals surface area contributed by atoms with Gasteiger partial charge in [0.15, 0.2) is 0 Å². The molecule has 2 amide bonds. The number of nitrogens with one attached hydrogen (secondary N) is 1. The number of hydrogen-bond donors (Lipinski definition) is 1. The first-order chi connectivity index (χ1) is 8.04. The lowest BCUT2D eigenvalue weighted by atomic mass is 10.0. The van der Waals surface area contributed by atoms with Crippen LogP contribution in [0.3, 0.4) is 0 Å². The molecule has 0 aromatic carbocycles. The van der Waals surface area contributed by atoms with Crippen molar-refractivity contribution in [3.8, 4) is 0 Å². The van der Waals surface area contributed by atoms with Crippen LogP contribution >= 0.6 is 0 Å². The number of carbonyl (C=O) groups is 2. The quantitative estimate of drug-likeness (QED) is 0.771. The first kappa shape index (κ1) is 12.4. The number of rotatable bonds is 3. The highest BCUT2D eigenvalue weighted by Gasteiger charge is 2.38. The molecule has 17 heavy (non-hydrogen) atoms. The van der Waals surface area contributed by atoms with Gasteiger partial charge in [0, 0.05) is 6.61 Å². The van der Waals surface area contributed by atoms with Crippen LogP contribution in [0.25, 0.3) is 0 Å². The Bertz CT molecular complexity index is 324. The zero-order chi connectivity index (χ0) is 12.5. The summed E-state index contributed by atoms with van der Waals surface area (Å²) >= 11 is 0. The van der Waals surface area contributed by atoms with E-state index in [9.17, 15) is 9.59 Å². The fraction of sp³-hybridized carbons (Fsp3) is 0.833. The monoisotopic (exact) mass is 240 g/mol. The molecule has 5 nitrogen and oxygen atoms in total. The van der Waals surface area contributed by atoms with Crippen LogP contribution in [0.1, 0.15) is 33.1 Å². The minimum Gasteiger partial charge on any atom is -0.373 e. The Morgan fingerprint density at radius 2 is 2.29 bits per heavy atom. The third-order valence-electron chi connectivity index (χ3n) is 3.51. The molecule has 2 heterocycles. The maximum atomic E-state index is 12.1. The minimum absolute atomic E-state index is 0.0174. The summed E-state index contributed by atoms with van der Waals surface area (Å²) < 4.78 is 5.67. The molecule has 2 unspecified atom stereocenters. The lowest BCUT2D eigenvalue weighted by Crippen LogP contribution is -2.60. The topological polar surface area (TPSA) is 58.6 Å². The lowest BCUT2D eigenvalue weighted by Gasteiger charge is -2.36. The van der Waals surface area contributed by atoms with E-state index in [2.05, 4.69) is 5.32 Å². The standard InChI is InChI=1S/C12H20N2O3/c1-3-9-11(16)14(7-10(15)13-9)8-12(2)5-4-6-17-12/h9H,3-8H2,1-2H3,(H,13,15). The van der Waals surface area contributed by atoms with Crippen molar-refractivity contribution < 1.29 is 14.3 Å². The second kappa shape index (κ2) is 4.64. The van der Waals surface area contributed by atoms with E-state index in [1.54, 1.807) is 4.90 Å². The Labute approximate surface area is 101 Å². The van der Waals surface area contributed by atoms with Gasteiger partial charge in [0.1, 0.15) is 6.04 Å². The van der Waals surface area contributed by atoms with Crippen molar-refractivity contribution in [2.24, 2.45) is 0 Å². The molecule has 0 saturated carbocycles. The van der Waals surface area contributed by atoms with E-state index in [0.29, 0.717) is 13.0 Å². The van der Waals surface area contributed by atoms with Gasteiger partial charge in [-0.3, -0.25) is 9.59 Å². The van der Waals surface area contributed by atoms with Crippen molar-refractivity contribution in [3.05, 3.63) is 0 Å². The van der Waals surface area contributed by atoms with Crippen LogP contribution in [0, 0.1) is 0 Å². The number of nitrogens with zero attached hydrogens (tertiary/aromatic N) is 1. The molecule has 0 spiro atoms. The number of amides is 2. The maximum Gasteiger partial charge on any atom is 0.245 e. The van der Waals surface area contributed by atoms with Crippen LogP contribution in [0.5, 0.6) is 0 Å². The number of hydrogen-bond acceptors (Lipinski definition) is 3. The van der Waals surface area contributed by atoms with E-state index in [0.717, 1.165) is 19.4 Å². The Morgan fingerprint density at radius 1 is 1.53 bits per heavy atom. The summed E-state index contributed by atoms with van der Waals surface area (Å²) in [6, 6.07) is -0.360. The van der Waals surface area contributed by atoms with Gasteiger partial charge in [0.05, 0.1) is 18.7 Å². The lowest BCUT2D eigenvalue weighted by molar-refractivity contribution is -0.147. The van der Waals surface area contributed by atoms with Crippen LogP contribution in [0.2, 0.25) is 0 Å². The average Bonchev–Trinajstić information content (AvgIpc) is 2.70. The predicted molar refractivity (Wildman–Crippen MR) is 62.4 cm³/mol. The number of ether oxygens (including phenoxy) is 1. The van der Waals surface area contributed by atoms with Gasteiger partial charge < -0.3 is 15.0 Å². The normalized spacial score (nSPS) is 34.0. The van der Waals surface area contributed by atoms with Gasteiger partial charge in [0.25, 0.3) is 0 Å². The van der Waals surface area contributed by atoms with Crippen LogP contribution in [0.4, 0.5) is 0 Å². The molecule has 1 N–H and O–H groups in total. The highest BCUT2D eigenvalue weighted by Crippen LogP contribution is 2.26. The molecule has 2 aliphatic heterocycles. The van der Waals surface area contributed by atoms with Crippen molar-refractivity contribution in [1.29, 1.82) is 0 Å². The Kier molecular flexibility index (Phi) is 3.38. The molecule has 2 atom stereocenters. The number of piperazine rings is 1. The van der Waals surface area contributed by atoms with Crippen LogP contribution < -0.4 is 5.32 Å². The molecule has 5 heteroatoms. The maximum absolute atomic E-state index is 12.1. The van der Waals surface area contributed by atoms with Crippen LogP contribution in [0.15, 0.2) is 0 Å². The van der Waals surface area contributed by atoms with Crippen molar-refractivity contribution >= 4 is 11.8 Å². The van der Waals surface area contributed by atoms with Crippen molar-refractivity contribution in [1.82, 2.24) is 10.2 Å². The number of carbonyl (C=O) groups excluding carboxylic acids is 2. The van der Waals surface area contributed by atoms with E-state index < -0.39 is 0 Å². The van der Waals surface area contributed by atoms with E-state index in [1.165, 1.54) is 0 Å². The summed E-state index contributed by atoms with van der Waals surface area (Å²) in [5.74, 6) is -0.0538. The van der Waals surface area contributed by atoms with Gasteiger partial charge in [-0.05, 0) is 26.2 Å². The molecular formula is C12H20N2O3. The molecule has 96 valence electrons. The summed E-state index contributed by atoms with van der Waals surface area (Å²) in [5, 5.41) is 2.71. The minimum atomic E-state index is -0.360. The molecule has 2 saturated heterocycles. The van der Waals surface area contributed by atoms with Gasteiger partial charge in [-0.1, -0.05) is 6.92 Å². The first-order valence-electron chi connectivity index (χ1n) is 6.26. The molecule has 2 aliphatic rings. The molecule has 0 bridgehead atoms. The largest absolute Gasteiger partial charge is 0.373 e. The van der Waals surface area contributed by atoms with Gasteiger partial charge >= 0.3 is 0 Å². The Morgan fingerprint density at radius 3 is 2.88 bits per heavy atom. The SMILES string of the molecule is CCC1NC(=O)CN(CC2(C)CCCO2)C1=O. The third-order valence-corrected chi connectivity index (χ3v) is 3.51. The highest BCUT2D eigenvalue weighted by atomic mass is 16.5. The fourth-order valence-corrected chi connectivity index (χ4v) is 2.55. The fourth-order valence-electron chi connectivity index (χ4n) is 2.55. The summed E-state index contributed by atoms with van der Waals surface area (Å²) in [7, 11) is 0. The van der Waals surface area contributed by atoms with E-state index in [4.69, 9.17) is 4.74 Å². The molecular weight excluding hydrogens is 220 g/mol. The average molecular weight is 240 g/mol. The molecule has 0 aromatic heterocycles. The zero-order valence-electron chi connectivity index (χ0n) is 10.5. The smallest absolute Gasteiger partial charge is 0.245 e. The summed E-state index contributed by atoms with van der Waals surface area (Å²) in [6.45, 7) is 5.35. The van der Waals surface area contributed by atoms with Gasteiger partial charge in [-0.25, -0.2) is 0 Å². The molecule has 2 fully saturated rings. The molecule has 0 aliphatic carbocycles. The summed E-state index contributed by atoms with van der Waals surface area (Å²) in [5.41, 5.74) is -0.272. The first-order valence-corrected chi connectivity index (χ1v) is 6.26. The highest BCUT2D eigenvalue weighted by molar-refractivity contribution is 5.94. The molecule has 0 radical (unpaired) electrons. The van der Waals surface area contributed by atoms with Crippen molar-refractivity contribution in [2.75, 3.05) is 19.7 Å². The van der Waals surface area contributed by atoms with E-state index >= 15 is 0 Å². The van der Waals surface area contributed by atoms with Crippen molar-refractivity contribution in [3.63, 3.8) is 0 Å².